The van der Waals surface area contributed by atoms with Crippen molar-refractivity contribution in [2.45, 2.75) is 26.7 Å². The lowest BCUT2D eigenvalue weighted by Crippen LogP contribution is -1.90. The maximum atomic E-state index is 8.37. The molecule has 5 aromatic rings. The van der Waals surface area contributed by atoms with Crippen molar-refractivity contribution in [2.75, 3.05) is 0 Å². The summed E-state index contributed by atoms with van der Waals surface area (Å²) in [4.78, 5) is 4.65. The third kappa shape index (κ3) is 2.55. The van der Waals surface area contributed by atoms with Crippen LogP contribution in [0.2, 0.25) is 0 Å². The fourth-order valence-corrected chi connectivity index (χ4v) is 5.34. The Bertz CT molecular complexity index is 1360. The molecule has 27 heavy (non-hydrogen) atoms. The Labute approximate surface area is 164 Å². The number of fused-ring (bicyclic) bond motifs is 5. The molecule has 0 aliphatic carbocycles. The zero-order valence-corrected chi connectivity index (χ0v) is 16.5. The predicted octanol–water partition coefficient (Wildman–Crippen LogP) is 7.70. The Hall–Kier alpha value is -2.71. The van der Waals surface area contributed by atoms with Crippen LogP contribution in [0, 0.1) is 6.92 Å². The van der Waals surface area contributed by atoms with Crippen LogP contribution in [0.5, 0.6) is 0 Å². The maximum Gasteiger partial charge on any atom is 0.0719 e. The van der Waals surface area contributed by atoms with Crippen LogP contribution in [0.25, 0.3) is 42.2 Å². The highest BCUT2D eigenvalue weighted by molar-refractivity contribution is 7.27. The molecule has 0 N–H and O–H groups in total. The third-order valence-electron chi connectivity index (χ3n) is 5.33. The molecule has 0 bridgehead atoms. The number of pyridine rings is 1. The molecule has 0 radical (unpaired) electrons. The number of aromatic nitrogens is 1. The molecule has 0 fully saturated rings. The van der Waals surface area contributed by atoms with Crippen molar-refractivity contribution >= 4 is 42.3 Å². The van der Waals surface area contributed by atoms with Crippen LogP contribution in [0.4, 0.5) is 0 Å². The molecule has 5 rings (SSSR count). The molecule has 0 amide bonds. The van der Waals surface area contributed by atoms with Gasteiger partial charge in [0.25, 0.3) is 0 Å². The monoisotopic (exact) mass is 368 g/mol. The molecule has 2 heteroatoms. The van der Waals surface area contributed by atoms with E-state index in [0.717, 1.165) is 16.8 Å². The number of aryl methyl sites for hydroxylation is 1. The molecule has 0 aliphatic heterocycles. The molecule has 0 unspecified atom stereocenters. The average molecular weight is 369 g/mol. The smallest absolute Gasteiger partial charge is 0.0719 e. The molecule has 2 heterocycles. The number of thiophene rings is 1. The van der Waals surface area contributed by atoms with E-state index in [-0.39, 0.29) is 0 Å². The first kappa shape index (κ1) is 15.4. The third-order valence-corrected chi connectivity index (χ3v) is 6.60. The number of nitrogens with zero attached hydrogens (tertiary/aromatic N) is 1. The molecule has 0 aliphatic rings. The standard InChI is InChI=1S/C25H21NS/c1-15(2)18-12-13-26-22(14-18)21-9-5-8-19-20-11-10-17-7-4-6-16(3)23(17)25(20)27-24(19)21/h4-15H,1-3H3/i15D. The molecule has 132 valence electrons. The van der Waals surface area contributed by atoms with E-state index in [1.807, 2.05) is 37.4 Å². The van der Waals surface area contributed by atoms with Crippen LogP contribution in [-0.4, -0.2) is 4.98 Å². The summed E-state index contributed by atoms with van der Waals surface area (Å²) in [6.45, 7) is 6.02. The van der Waals surface area contributed by atoms with Gasteiger partial charge in [-0.15, -0.1) is 11.3 Å². The highest BCUT2D eigenvalue weighted by atomic mass is 32.1. The van der Waals surface area contributed by atoms with Crippen LogP contribution in [0.1, 0.15) is 32.2 Å². The highest BCUT2D eigenvalue weighted by Crippen LogP contribution is 2.43. The zero-order valence-electron chi connectivity index (χ0n) is 16.7. The second-order valence-electron chi connectivity index (χ2n) is 7.33. The summed E-state index contributed by atoms with van der Waals surface area (Å²) in [5.41, 5.74) is 4.38. The highest BCUT2D eigenvalue weighted by Gasteiger charge is 2.14. The summed E-state index contributed by atoms with van der Waals surface area (Å²) in [5, 5.41) is 5.22. The zero-order chi connectivity index (χ0) is 19.5. The molecule has 0 saturated carbocycles. The summed E-state index contributed by atoms with van der Waals surface area (Å²) in [7, 11) is 0. The molecule has 0 atom stereocenters. The average Bonchev–Trinajstić information content (AvgIpc) is 3.06. The summed E-state index contributed by atoms with van der Waals surface area (Å²) in [6, 6.07) is 21.5. The summed E-state index contributed by atoms with van der Waals surface area (Å²) >= 11 is 1.85. The minimum Gasteiger partial charge on any atom is -0.256 e. The van der Waals surface area contributed by atoms with E-state index in [9.17, 15) is 0 Å². The molecule has 0 saturated heterocycles. The lowest BCUT2D eigenvalue weighted by atomic mass is 9.99. The van der Waals surface area contributed by atoms with Crippen LogP contribution in [0.3, 0.4) is 0 Å². The second-order valence-corrected chi connectivity index (χ2v) is 8.35. The molecule has 3 aromatic carbocycles. The lowest BCUT2D eigenvalue weighted by molar-refractivity contribution is 0.864. The van der Waals surface area contributed by atoms with Gasteiger partial charge in [0, 0.05) is 38.7 Å². The molecular weight excluding hydrogens is 346 g/mol. The Morgan fingerprint density at radius 3 is 2.59 bits per heavy atom. The Morgan fingerprint density at radius 1 is 0.926 bits per heavy atom. The van der Waals surface area contributed by atoms with E-state index < -0.39 is 5.89 Å². The van der Waals surface area contributed by atoms with E-state index in [2.05, 4.69) is 66.5 Å². The van der Waals surface area contributed by atoms with Gasteiger partial charge in [0.2, 0.25) is 0 Å². The quantitative estimate of drug-likeness (QED) is 0.311. The van der Waals surface area contributed by atoms with Crippen molar-refractivity contribution in [3.8, 4) is 11.3 Å². The van der Waals surface area contributed by atoms with Crippen molar-refractivity contribution in [2.24, 2.45) is 0 Å². The van der Waals surface area contributed by atoms with E-state index in [1.165, 1.54) is 36.5 Å². The fourth-order valence-electron chi connectivity index (χ4n) is 3.89. The van der Waals surface area contributed by atoms with Gasteiger partial charge < -0.3 is 0 Å². The largest absolute Gasteiger partial charge is 0.256 e. The van der Waals surface area contributed by atoms with E-state index in [1.54, 1.807) is 0 Å². The van der Waals surface area contributed by atoms with Gasteiger partial charge in [0.1, 0.15) is 0 Å². The maximum absolute atomic E-state index is 8.37. The van der Waals surface area contributed by atoms with Gasteiger partial charge in [-0.05, 0) is 41.5 Å². The van der Waals surface area contributed by atoms with E-state index in [4.69, 9.17) is 1.37 Å². The van der Waals surface area contributed by atoms with Crippen molar-refractivity contribution < 1.29 is 1.37 Å². The second kappa shape index (κ2) is 6.17. The summed E-state index contributed by atoms with van der Waals surface area (Å²) in [5.74, 6) is -0.640. The van der Waals surface area contributed by atoms with Crippen LogP contribution >= 0.6 is 11.3 Å². The minimum absolute atomic E-state index is 0.640. The Kier molecular flexibility index (Phi) is 3.51. The van der Waals surface area contributed by atoms with Crippen molar-refractivity contribution in [1.29, 1.82) is 0 Å². The first-order chi connectivity index (χ1) is 13.4. The number of rotatable bonds is 2. The minimum atomic E-state index is -0.640. The van der Waals surface area contributed by atoms with E-state index >= 15 is 0 Å². The number of benzene rings is 3. The van der Waals surface area contributed by atoms with Gasteiger partial charge in [0.15, 0.2) is 0 Å². The van der Waals surface area contributed by atoms with Gasteiger partial charge >= 0.3 is 0 Å². The fraction of sp³-hybridized carbons (Fsp3) is 0.160. The van der Waals surface area contributed by atoms with Crippen LogP contribution < -0.4 is 0 Å². The first-order valence-electron chi connectivity index (χ1n) is 9.74. The molecule has 1 nitrogen and oxygen atoms in total. The Balaban J connectivity index is 1.85. The van der Waals surface area contributed by atoms with Crippen LogP contribution in [0.15, 0.2) is 66.9 Å². The van der Waals surface area contributed by atoms with Crippen LogP contribution in [-0.2, 0) is 0 Å². The van der Waals surface area contributed by atoms with Gasteiger partial charge in [-0.2, -0.15) is 0 Å². The topological polar surface area (TPSA) is 12.9 Å². The normalized spacial score (nSPS) is 12.8. The summed E-state index contributed by atoms with van der Waals surface area (Å²) in [6.07, 6.45) is 1.83. The van der Waals surface area contributed by atoms with Crippen molar-refractivity contribution in [3.05, 3.63) is 78.0 Å². The van der Waals surface area contributed by atoms with Gasteiger partial charge in [0.05, 0.1) is 5.69 Å². The van der Waals surface area contributed by atoms with Gasteiger partial charge in [-0.1, -0.05) is 62.4 Å². The number of hydrogen-bond donors (Lipinski definition) is 0. The number of hydrogen-bond acceptors (Lipinski definition) is 2. The summed E-state index contributed by atoms with van der Waals surface area (Å²) < 4.78 is 11.0. The van der Waals surface area contributed by atoms with Crippen molar-refractivity contribution in [3.63, 3.8) is 0 Å². The van der Waals surface area contributed by atoms with Crippen molar-refractivity contribution in [1.82, 2.24) is 4.98 Å². The predicted molar refractivity (Wildman–Crippen MR) is 119 cm³/mol. The molecular formula is C25H21NS. The SMILES string of the molecule is [2H]C(C)(C)c1ccnc(-c2cccc3c2sc2c3ccc3cccc(C)c32)c1. The van der Waals surface area contributed by atoms with E-state index in [0.29, 0.717) is 0 Å². The Morgan fingerprint density at radius 2 is 1.74 bits per heavy atom. The molecule has 0 spiro atoms. The lowest BCUT2D eigenvalue weighted by Gasteiger charge is -2.08. The van der Waals surface area contributed by atoms with Gasteiger partial charge in [-0.3, -0.25) is 4.98 Å². The molecule has 2 aromatic heterocycles. The first-order valence-corrected chi connectivity index (χ1v) is 10.1. The van der Waals surface area contributed by atoms with Gasteiger partial charge in [-0.25, -0.2) is 0 Å².